The number of carbonyl (C=O) groups excluding carboxylic acids is 1. The lowest BCUT2D eigenvalue weighted by Gasteiger charge is -2.20. The van der Waals surface area contributed by atoms with Crippen LogP contribution in [0.4, 0.5) is 4.39 Å². The maximum absolute atomic E-state index is 13.4. The van der Waals surface area contributed by atoms with Crippen molar-refractivity contribution in [1.82, 2.24) is 4.90 Å². The second-order valence-corrected chi connectivity index (χ2v) is 4.59. The molecule has 0 saturated carbocycles. The Morgan fingerprint density at radius 2 is 2.17 bits per heavy atom. The third kappa shape index (κ3) is 3.77. The lowest BCUT2D eigenvalue weighted by molar-refractivity contribution is 0.0768. The Hall–Kier alpha value is -1.49. The van der Waals surface area contributed by atoms with E-state index in [1.165, 1.54) is 6.07 Å². The van der Waals surface area contributed by atoms with Crippen molar-refractivity contribution >= 4 is 23.1 Å². The Morgan fingerprint density at radius 1 is 1.50 bits per heavy atom. The van der Waals surface area contributed by atoms with Crippen LogP contribution in [0.25, 0.3) is 0 Å². The number of rotatable bonds is 5. The molecule has 0 radical (unpaired) electrons. The predicted molar refractivity (Wildman–Crippen MR) is 74.1 cm³/mol. The molecule has 0 bridgehead atoms. The van der Waals surface area contributed by atoms with Crippen molar-refractivity contribution in [3.63, 3.8) is 0 Å². The van der Waals surface area contributed by atoms with E-state index in [1.54, 1.807) is 24.0 Å². The molecular formula is C13H17FN2OS. The summed E-state index contributed by atoms with van der Waals surface area (Å²) >= 11 is 4.78. The van der Waals surface area contributed by atoms with Crippen LogP contribution < -0.4 is 5.73 Å². The standard InChI is InChI=1S/C13H17FN2OS/c1-3-16(7-6-12(15)18)13(17)10-5-4-9(2)11(14)8-10/h4-5,8H,3,6-7H2,1-2H3,(H2,15,18). The summed E-state index contributed by atoms with van der Waals surface area (Å²) in [6.45, 7) is 4.52. The number of nitrogens with two attached hydrogens (primary N) is 1. The number of amides is 1. The van der Waals surface area contributed by atoms with Crippen LogP contribution in [0, 0.1) is 12.7 Å². The van der Waals surface area contributed by atoms with Crippen molar-refractivity contribution in [3.05, 3.63) is 35.1 Å². The van der Waals surface area contributed by atoms with E-state index >= 15 is 0 Å². The monoisotopic (exact) mass is 268 g/mol. The van der Waals surface area contributed by atoms with Crippen molar-refractivity contribution in [3.8, 4) is 0 Å². The second kappa shape index (κ2) is 6.44. The molecule has 1 amide bonds. The van der Waals surface area contributed by atoms with Crippen LogP contribution in [0.15, 0.2) is 18.2 Å². The highest BCUT2D eigenvalue weighted by atomic mass is 32.1. The van der Waals surface area contributed by atoms with Gasteiger partial charge in [0.05, 0.1) is 4.99 Å². The smallest absolute Gasteiger partial charge is 0.253 e. The van der Waals surface area contributed by atoms with Crippen LogP contribution in [-0.4, -0.2) is 28.9 Å². The molecule has 0 atom stereocenters. The summed E-state index contributed by atoms with van der Waals surface area (Å²) in [6, 6.07) is 4.50. The molecule has 3 nitrogen and oxygen atoms in total. The van der Waals surface area contributed by atoms with Gasteiger partial charge in [0.1, 0.15) is 5.82 Å². The Bertz CT molecular complexity index is 462. The van der Waals surface area contributed by atoms with E-state index < -0.39 is 0 Å². The topological polar surface area (TPSA) is 46.3 Å². The lowest BCUT2D eigenvalue weighted by Crippen LogP contribution is -2.33. The Labute approximate surface area is 112 Å². The number of aryl methyl sites for hydroxylation is 1. The zero-order valence-corrected chi connectivity index (χ0v) is 11.4. The minimum Gasteiger partial charge on any atom is -0.393 e. The van der Waals surface area contributed by atoms with Crippen molar-refractivity contribution in [2.45, 2.75) is 20.3 Å². The molecular weight excluding hydrogens is 251 g/mol. The second-order valence-electron chi connectivity index (χ2n) is 4.07. The van der Waals surface area contributed by atoms with Gasteiger partial charge < -0.3 is 10.6 Å². The normalized spacial score (nSPS) is 10.2. The van der Waals surface area contributed by atoms with Crippen LogP contribution in [-0.2, 0) is 0 Å². The van der Waals surface area contributed by atoms with Crippen LogP contribution in [0.1, 0.15) is 29.3 Å². The van der Waals surface area contributed by atoms with Gasteiger partial charge in [-0.05, 0) is 31.5 Å². The number of hydrogen-bond acceptors (Lipinski definition) is 2. The maximum atomic E-state index is 13.4. The first-order chi connectivity index (χ1) is 8.45. The molecule has 0 aliphatic heterocycles. The van der Waals surface area contributed by atoms with Crippen molar-refractivity contribution in [2.24, 2.45) is 5.73 Å². The molecule has 0 aliphatic carbocycles. The fraction of sp³-hybridized carbons (Fsp3) is 0.385. The predicted octanol–water partition coefficient (Wildman–Crippen LogP) is 2.27. The van der Waals surface area contributed by atoms with Crippen LogP contribution in [0.2, 0.25) is 0 Å². The van der Waals surface area contributed by atoms with Gasteiger partial charge in [-0.2, -0.15) is 0 Å². The van der Waals surface area contributed by atoms with Gasteiger partial charge in [0.15, 0.2) is 0 Å². The molecule has 0 saturated heterocycles. The summed E-state index contributed by atoms with van der Waals surface area (Å²) in [5.41, 5.74) is 6.29. The van der Waals surface area contributed by atoms with Gasteiger partial charge >= 0.3 is 0 Å². The third-order valence-electron chi connectivity index (χ3n) is 2.72. The van der Waals surface area contributed by atoms with Crippen LogP contribution in [0.3, 0.4) is 0 Å². The average molecular weight is 268 g/mol. The van der Waals surface area contributed by atoms with E-state index in [-0.39, 0.29) is 11.7 Å². The van der Waals surface area contributed by atoms with E-state index in [4.69, 9.17) is 18.0 Å². The lowest BCUT2D eigenvalue weighted by atomic mass is 10.1. The molecule has 2 N–H and O–H groups in total. The van der Waals surface area contributed by atoms with E-state index in [0.717, 1.165) is 0 Å². The van der Waals surface area contributed by atoms with Crippen molar-refractivity contribution < 1.29 is 9.18 Å². The molecule has 0 aromatic heterocycles. The molecule has 98 valence electrons. The van der Waals surface area contributed by atoms with Gasteiger partial charge in [-0.25, -0.2) is 4.39 Å². The quantitative estimate of drug-likeness (QED) is 0.833. The first-order valence-corrected chi connectivity index (χ1v) is 6.20. The average Bonchev–Trinajstić information content (AvgIpc) is 2.32. The zero-order valence-electron chi connectivity index (χ0n) is 10.6. The fourth-order valence-electron chi connectivity index (χ4n) is 1.56. The van der Waals surface area contributed by atoms with Gasteiger partial charge in [0.2, 0.25) is 0 Å². The molecule has 0 fully saturated rings. The first-order valence-electron chi connectivity index (χ1n) is 5.79. The molecule has 18 heavy (non-hydrogen) atoms. The summed E-state index contributed by atoms with van der Waals surface area (Å²) in [5, 5.41) is 0. The number of halogens is 1. The highest BCUT2D eigenvalue weighted by Gasteiger charge is 2.15. The number of carbonyl (C=O) groups is 1. The number of nitrogens with zero attached hydrogens (tertiary/aromatic N) is 1. The molecule has 1 rings (SSSR count). The molecule has 0 aliphatic rings. The molecule has 0 heterocycles. The Morgan fingerprint density at radius 3 is 2.67 bits per heavy atom. The van der Waals surface area contributed by atoms with Crippen LogP contribution >= 0.6 is 12.2 Å². The summed E-state index contributed by atoms with van der Waals surface area (Å²) in [6.07, 6.45) is 0.475. The van der Waals surface area contributed by atoms with E-state index in [1.807, 2.05) is 6.92 Å². The molecule has 1 aromatic rings. The van der Waals surface area contributed by atoms with Gasteiger partial charge in [0, 0.05) is 25.1 Å². The fourth-order valence-corrected chi connectivity index (χ4v) is 1.65. The summed E-state index contributed by atoms with van der Waals surface area (Å²) in [4.78, 5) is 14.1. The highest BCUT2D eigenvalue weighted by molar-refractivity contribution is 7.80. The van der Waals surface area contributed by atoms with E-state index in [0.29, 0.717) is 35.6 Å². The van der Waals surface area contributed by atoms with Crippen molar-refractivity contribution in [2.75, 3.05) is 13.1 Å². The number of thiocarbonyl (C=S) groups is 1. The van der Waals surface area contributed by atoms with E-state index in [2.05, 4.69) is 0 Å². The summed E-state index contributed by atoms with van der Waals surface area (Å²) < 4.78 is 13.4. The Kier molecular flexibility index (Phi) is 5.22. The summed E-state index contributed by atoms with van der Waals surface area (Å²) in [7, 11) is 0. The molecule has 5 heteroatoms. The minimum absolute atomic E-state index is 0.201. The van der Waals surface area contributed by atoms with Gasteiger partial charge in [-0.1, -0.05) is 18.3 Å². The minimum atomic E-state index is -0.369. The molecule has 0 unspecified atom stereocenters. The molecule has 0 spiro atoms. The van der Waals surface area contributed by atoms with Gasteiger partial charge in [-0.3, -0.25) is 4.79 Å². The summed E-state index contributed by atoms with van der Waals surface area (Å²) in [5.74, 6) is -0.570. The van der Waals surface area contributed by atoms with Crippen LogP contribution in [0.5, 0.6) is 0 Å². The zero-order chi connectivity index (χ0) is 13.7. The van der Waals surface area contributed by atoms with Crippen molar-refractivity contribution in [1.29, 1.82) is 0 Å². The maximum Gasteiger partial charge on any atom is 0.253 e. The molecule has 1 aromatic carbocycles. The van der Waals surface area contributed by atoms with Gasteiger partial charge in [0.25, 0.3) is 5.91 Å². The SMILES string of the molecule is CCN(CCC(N)=S)C(=O)c1ccc(C)c(F)c1. The number of hydrogen-bond donors (Lipinski definition) is 1. The highest BCUT2D eigenvalue weighted by Crippen LogP contribution is 2.11. The first kappa shape index (κ1) is 14.6. The largest absolute Gasteiger partial charge is 0.393 e. The number of benzene rings is 1. The third-order valence-corrected chi connectivity index (χ3v) is 2.92. The van der Waals surface area contributed by atoms with E-state index in [9.17, 15) is 9.18 Å². The van der Waals surface area contributed by atoms with Gasteiger partial charge in [-0.15, -0.1) is 0 Å². The Balaban J connectivity index is 2.82.